The summed E-state index contributed by atoms with van der Waals surface area (Å²) in [5, 5.41) is 8.79. The predicted octanol–water partition coefficient (Wildman–Crippen LogP) is 2.94. The monoisotopic (exact) mass is 228 g/mol. The summed E-state index contributed by atoms with van der Waals surface area (Å²) in [7, 11) is 0. The van der Waals surface area contributed by atoms with Gasteiger partial charge in [-0.15, -0.1) is 0 Å². The second-order valence-corrected chi connectivity index (χ2v) is 6.11. The zero-order chi connectivity index (χ0) is 12.3. The molecule has 3 nitrogen and oxygen atoms in total. The van der Waals surface area contributed by atoms with Crippen LogP contribution in [0.15, 0.2) is 0 Å². The highest BCUT2D eigenvalue weighted by atomic mass is 16.5. The Bertz CT molecular complexity index is 248. The minimum Gasteiger partial charge on any atom is -0.481 e. The maximum absolute atomic E-state index is 10.7. The molecule has 0 aromatic carbocycles. The van der Waals surface area contributed by atoms with Crippen LogP contribution in [0.5, 0.6) is 0 Å². The van der Waals surface area contributed by atoms with Crippen LogP contribution in [0.25, 0.3) is 0 Å². The van der Waals surface area contributed by atoms with Crippen LogP contribution in [0.3, 0.4) is 0 Å². The van der Waals surface area contributed by atoms with E-state index in [0.29, 0.717) is 17.9 Å². The lowest BCUT2D eigenvalue weighted by Gasteiger charge is -2.39. The summed E-state index contributed by atoms with van der Waals surface area (Å²) < 4.78 is 5.73. The summed E-state index contributed by atoms with van der Waals surface area (Å²) in [4.78, 5) is 10.7. The van der Waals surface area contributed by atoms with E-state index in [1.165, 1.54) is 6.42 Å². The quantitative estimate of drug-likeness (QED) is 0.804. The molecule has 0 bridgehead atoms. The maximum Gasteiger partial charge on any atom is 0.308 e. The molecule has 16 heavy (non-hydrogen) atoms. The van der Waals surface area contributed by atoms with E-state index in [1.54, 1.807) is 6.92 Å². The molecule has 0 radical (unpaired) electrons. The number of carboxylic acids is 1. The minimum absolute atomic E-state index is 0.237. The Balaban J connectivity index is 2.40. The molecule has 1 rings (SSSR count). The van der Waals surface area contributed by atoms with Gasteiger partial charge in [0.1, 0.15) is 0 Å². The van der Waals surface area contributed by atoms with E-state index in [1.807, 2.05) is 0 Å². The van der Waals surface area contributed by atoms with E-state index in [0.717, 1.165) is 12.8 Å². The van der Waals surface area contributed by atoms with Gasteiger partial charge >= 0.3 is 5.97 Å². The van der Waals surface area contributed by atoms with Gasteiger partial charge in [-0.3, -0.25) is 4.79 Å². The normalized spacial score (nSPS) is 31.0. The lowest BCUT2D eigenvalue weighted by atomic mass is 9.71. The van der Waals surface area contributed by atoms with Gasteiger partial charge in [0.25, 0.3) is 0 Å². The lowest BCUT2D eigenvalue weighted by molar-refractivity contribution is -0.144. The Morgan fingerprint density at radius 3 is 2.62 bits per heavy atom. The van der Waals surface area contributed by atoms with Gasteiger partial charge in [0, 0.05) is 0 Å². The lowest BCUT2D eigenvalue weighted by Crippen LogP contribution is -2.34. The molecular formula is C13H24O3. The number of hydrogen-bond acceptors (Lipinski definition) is 2. The average Bonchev–Trinajstić information content (AvgIpc) is 2.10. The molecular weight excluding hydrogens is 204 g/mol. The minimum atomic E-state index is -0.775. The molecule has 0 amide bonds. The molecule has 0 aliphatic heterocycles. The highest BCUT2D eigenvalue weighted by Gasteiger charge is 2.32. The van der Waals surface area contributed by atoms with E-state index >= 15 is 0 Å². The van der Waals surface area contributed by atoms with E-state index < -0.39 is 11.9 Å². The second kappa shape index (κ2) is 5.17. The zero-order valence-electron chi connectivity index (χ0n) is 10.8. The largest absolute Gasteiger partial charge is 0.481 e. The summed E-state index contributed by atoms with van der Waals surface area (Å²) in [5.74, 6) is -0.502. The van der Waals surface area contributed by atoms with Gasteiger partial charge < -0.3 is 9.84 Å². The van der Waals surface area contributed by atoms with E-state index in [2.05, 4.69) is 20.8 Å². The number of aliphatic carboxylic acids is 1. The van der Waals surface area contributed by atoms with E-state index in [9.17, 15) is 4.79 Å². The second-order valence-electron chi connectivity index (χ2n) is 6.11. The van der Waals surface area contributed by atoms with Crippen molar-refractivity contribution in [2.24, 2.45) is 17.3 Å². The van der Waals surface area contributed by atoms with Crippen LogP contribution in [0, 0.1) is 17.3 Å². The molecule has 0 spiro atoms. The summed E-state index contributed by atoms with van der Waals surface area (Å²) in [6.45, 7) is 8.81. The van der Waals surface area contributed by atoms with Crippen LogP contribution in [-0.4, -0.2) is 23.8 Å². The Hall–Kier alpha value is -0.570. The summed E-state index contributed by atoms with van der Waals surface area (Å²) in [6.07, 6.45) is 3.58. The molecule has 1 aliphatic rings. The first-order chi connectivity index (χ1) is 7.30. The fraction of sp³-hybridized carbons (Fsp3) is 0.923. The van der Waals surface area contributed by atoms with Crippen molar-refractivity contribution >= 4 is 5.97 Å². The first-order valence-electron chi connectivity index (χ1n) is 6.14. The molecule has 0 aromatic rings. The molecule has 1 fully saturated rings. The molecule has 1 N–H and O–H groups in total. The predicted molar refractivity (Wildman–Crippen MR) is 63.3 cm³/mol. The third-order valence-electron chi connectivity index (χ3n) is 3.35. The number of rotatable bonds is 4. The van der Waals surface area contributed by atoms with E-state index in [-0.39, 0.29) is 6.10 Å². The standard InChI is InChI=1S/C13H24O3/c1-9-5-11(7-13(3,4)6-9)16-8-10(2)12(14)15/h9-11H,5-8H2,1-4H3,(H,14,15). The number of carboxylic acid groups (broad SMARTS) is 1. The van der Waals surface area contributed by atoms with Gasteiger partial charge in [-0.1, -0.05) is 20.8 Å². The molecule has 0 aromatic heterocycles. The summed E-state index contributed by atoms with van der Waals surface area (Å²) >= 11 is 0. The Kier molecular flexibility index (Phi) is 4.36. The Morgan fingerprint density at radius 1 is 1.50 bits per heavy atom. The SMILES string of the molecule is CC1CC(OCC(C)C(=O)O)CC(C)(C)C1. The zero-order valence-corrected chi connectivity index (χ0v) is 10.8. The van der Waals surface area contributed by atoms with Crippen molar-refractivity contribution in [2.75, 3.05) is 6.61 Å². The maximum atomic E-state index is 10.7. The molecule has 1 saturated carbocycles. The molecule has 94 valence electrons. The van der Waals surface area contributed by atoms with Crippen molar-refractivity contribution in [1.29, 1.82) is 0 Å². The Morgan fingerprint density at radius 2 is 2.12 bits per heavy atom. The average molecular weight is 228 g/mol. The van der Waals surface area contributed by atoms with E-state index in [4.69, 9.17) is 9.84 Å². The first kappa shape index (κ1) is 13.5. The highest BCUT2D eigenvalue weighted by Crippen LogP contribution is 2.39. The van der Waals surface area contributed by atoms with Gasteiger partial charge in [-0.2, -0.15) is 0 Å². The van der Waals surface area contributed by atoms with Crippen LogP contribution < -0.4 is 0 Å². The fourth-order valence-electron chi connectivity index (χ4n) is 2.74. The van der Waals surface area contributed by atoms with Crippen LogP contribution in [0.2, 0.25) is 0 Å². The summed E-state index contributed by atoms with van der Waals surface area (Å²) in [5.41, 5.74) is 0.328. The van der Waals surface area contributed by atoms with Crippen LogP contribution in [-0.2, 0) is 9.53 Å². The van der Waals surface area contributed by atoms with Gasteiger partial charge in [0.15, 0.2) is 0 Å². The van der Waals surface area contributed by atoms with Crippen LogP contribution >= 0.6 is 0 Å². The number of hydrogen-bond donors (Lipinski definition) is 1. The molecule has 1 aliphatic carbocycles. The smallest absolute Gasteiger partial charge is 0.308 e. The van der Waals surface area contributed by atoms with Crippen LogP contribution in [0.4, 0.5) is 0 Å². The highest BCUT2D eigenvalue weighted by molar-refractivity contribution is 5.69. The molecule has 3 atom stereocenters. The van der Waals surface area contributed by atoms with Crippen molar-refractivity contribution in [1.82, 2.24) is 0 Å². The van der Waals surface area contributed by atoms with Crippen molar-refractivity contribution in [2.45, 2.75) is 53.1 Å². The Labute approximate surface area is 98.2 Å². The van der Waals surface area contributed by atoms with Gasteiger partial charge in [-0.25, -0.2) is 0 Å². The topological polar surface area (TPSA) is 46.5 Å². The van der Waals surface area contributed by atoms with Crippen molar-refractivity contribution in [3.05, 3.63) is 0 Å². The van der Waals surface area contributed by atoms with Crippen molar-refractivity contribution < 1.29 is 14.6 Å². The number of carbonyl (C=O) groups is 1. The van der Waals surface area contributed by atoms with Gasteiger partial charge in [0.05, 0.1) is 18.6 Å². The molecule has 3 unspecified atom stereocenters. The molecule has 0 heterocycles. The molecule has 3 heteroatoms. The van der Waals surface area contributed by atoms with Gasteiger partial charge in [-0.05, 0) is 37.5 Å². The third-order valence-corrected chi connectivity index (χ3v) is 3.35. The van der Waals surface area contributed by atoms with Crippen molar-refractivity contribution in [3.63, 3.8) is 0 Å². The fourth-order valence-corrected chi connectivity index (χ4v) is 2.74. The van der Waals surface area contributed by atoms with Crippen molar-refractivity contribution in [3.8, 4) is 0 Å². The summed E-state index contributed by atoms with van der Waals surface area (Å²) in [6, 6.07) is 0. The first-order valence-corrected chi connectivity index (χ1v) is 6.14. The molecule has 0 saturated heterocycles. The number of ether oxygens (including phenoxy) is 1. The third kappa shape index (κ3) is 4.12. The van der Waals surface area contributed by atoms with Crippen LogP contribution in [0.1, 0.15) is 47.0 Å². The van der Waals surface area contributed by atoms with Gasteiger partial charge in [0.2, 0.25) is 0 Å².